The zero-order chi connectivity index (χ0) is 17.1. The molecule has 1 aromatic carbocycles. The second-order valence-electron chi connectivity index (χ2n) is 5.90. The number of thiazole rings is 1. The van der Waals surface area contributed by atoms with Gasteiger partial charge in [0.1, 0.15) is 22.3 Å². The van der Waals surface area contributed by atoms with Crippen molar-refractivity contribution >= 4 is 17.2 Å². The summed E-state index contributed by atoms with van der Waals surface area (Å²) in [6.45, 7) is 0.181. The fraction of sp³-hybridized carbons (Fsp3) is 0.412. The lowest BCUT2D eigenvalue weighted by Crippen LogP contribution is -2.39. The van der Waals surface area contributed by atoms with E-state index in [1.54, 1.807) is 10.3 Å². The van der Waals surface area contributed by atoms with Crippen LogP contribution in [0.3, 0.4) is 0 Å². The van der Waals surface area contributed by atoms with E-state index in [1.807, 2.05) is 0 Å². The molecule has 3 rings (SSSR count). The Morgan fingerprint density at radius 1 is 1.29 bits per heavy atom. The Bertz CT molecular complexity index is 708. The summed E-state index contributed by atoms with van der Waals surface area (Å²) >= 11 is 1.32. The summed E-state index contributed by atoms with van der Waals surface area (Å²) in [7, 11) is 0. The third kappa shape index (κ3) is 3.47. The number of aromatic nitrogens is 1. The summed E-state index contributed by atoms with van der Waals surface area (Å²) in [6.07, 6.45) is 3.71. The molecule has 1 amide bonds. The van der Waals surface area contributed by atoms with Gasteiger partial charge in [0.25, 0.3) is 5.91 Å². The number of carbonyl (C=O) groups is 1. The van der Waals surface area contributed by atoms with Gasteiger partial charge >= 0.3 is 0 Å². The van der Waals surface area contributed by atoms with Crippen LogP contribution in [0.4, 0.5) is 8.78 Å². The Labute approximate surface area is 143 Å². The first-order valence-corrected chi connectivity index (χ1v) is 8.86. The van der Waals surface area contributed by atoms with Crippen molar-refractivity contribution in [2.45, 2.75) is 44.8 Å². The third-order valence-electron chi connectivity index (χ3n) is 4.36. The second kappa shape index (κ2) is 7.36. The lowest BCUT2D eigenvalue weighted by molar-refractivity contribution is 0.0654. The quantitative estimate of drug-likeness (QED) is 0.897. The van der Waals surface area contributed by atoms with Crippen molar-refractivity contribution in [2.75, 3.05) is 0 Å². The molecule has 1 aliphatic rings. The van der Waals surface area contributed by atoms with Gasteiger partial charge in [-0.1, -0.05) is 18.9 Å². The molecule has 128 valence electrons. The molecule has 1 saturated carbocycles. The number of hydrogen-bond acceptors (Lipinski definition) is 4. The number of amides is 1. The SMILES string of the molecule is NCc1nc(C(=O)N(Cc2c(F)cccc2F)C2CCCC2)cs1. The summed E-state index contributed by atoms with van der Waals surface area (Å²) in [5.74, 6) is -1.56. The largest absolute Gasteiger partial charge is 0.330 e. The lowest BCUT2D eigenvalue weighted by Gasteiger charge is -2.28. The van der Waals surface area contributed by atoms with E-state index < -0.39 is 11.6 Å². The summed E-state index contributed by atoms with van der Waals surface area (Å²) < 4.78 is 28.0. The minimum absolute atomic E-state index is 0.0143. The number of rotatable bonds is 5. The zero-order valence-electron chi connectivity index (χ0n) is 13.2. The zero-order valence-corrected chi connectivity index (χ0v) is 14.0. The average molecular weight is 351 g/mol. The van der Waals surface area contributed by atoms with Gasteiger partial charge in [-0.05, 0) is 25.0 Å². The Balaban J connectivity index is 1.90. The molecule has 1 heterocycles. The van der Waals surface area contributed by atoms with Crippen molar-refractivity contribution in [3.63, 3.8) is 0 Å². The molecule has 1 aromatic heterocycles. The predicted molar refractivity (Wildman–Crippen MR) is 88.5 cm³/mol. The molecule has 0 spiro atoms. The van der Waals surface area contributed by atoms with Gasteiger partial charge in [-0.25, -0.2) is 13.8 Å². The molecule has 0 atom stereocenters. The number of carbonyl (C=O) groups excluding carboxylic acids is 1. The van der Waals surface area contributed by atoms with E-state index in [0.29, 0.717) is 10.7 Å². The van der Waals surface area contributed by atoms with Crippen LogP contribution in [0.1, 0.15) is 46.7 Å². The van der Waals surface area contributed by atoms with Crippen molar-refractivity contribution < 1.29 is 13.6 Å². The number of nitrogens with two attached hydrogens (primary N) is 1. The maximum absolute atomic E-state index is 14.0. The first-order chi connectivity index (χ1) is 11.6. The summed E-state index contributed by atoms with van der Waals surface area (Å²) in [6, 6.07) is 3.74. The Hall–Kier alpha value is -1.86. The molecule has 0 radical (unpaired) electrons. The van der Waals surface area contributed by atoms with Crippen molar-refractivity contribution in [1.29, 1.82) is 0 Å². The van der Waals surface area contributed by atoms with Gasteiger partial charge in [-0.3, -0.25) is 4.79 Å². The van der Waals surface area contributed by atoms with E-state index >= 15 is 0 Å². The highest BCUT2D eigenvalue weighted by atomic mass is 32.1. The van der Waals surface area contributed by atoms with Crippen LogP contribution in [0.15, 0.2) is 23.6 Å². The van der Waals surface area contributed by atoms with Gasteiger partial charge < -0.3 is 10.6 Å². The van der Waals surface area contributed by atoms with Crippen LogP contribution in [-0.2, 0) is 13.1 Å². The van der Waals surface area contributed by atoms with Gasteiger partial charge in [0.05, 0.1) is 6.54 Å². The summed E-state index contributed by atoms with van der Waals surface area (Å²) in [5.41, 5.74) is 5.77. The lowest BCUT2D eigenvalue weighted by atomic mass is 10.1. The van der Waals surface area contributed by atoms with E-state index in [2.05, 4.69) is 4.98 Å². The monoisotopic (exact) mass is 351 g/mol. The number of halogens is 2. The molecule has 1 aliphatic carbocycles. The van der Waals surface area contributed by atoms with Gasteiger partial charge in [0, 0.05) is 23.5 Å². The molecule has 1 fully saturated rings. The molecular weight excluding hydrogens is 332 g/mol. The van der Waals surface area contributed by atoms with Gasteiger partial charge in [-0.15, -0.1) is 11.3 Å². The maximum Gasteiger partial charge on any atom is 0.273 e. The van der Waals surface area contributed by atoms with Crippen LogP contribution < -0.4 is 5.73 Å². The first kappa shape index (κ1) is 17.0. The fourth-order valence-corrected chi connectivity index (χ4v) is 3.73. The normalized spacial score (nSPS) is 15.0. The van der Waals surface area contributed by atoms with Crippen LogP contribution in [0.5, 0.6) is 0 Å². The van der Waals surface area contributed by atoms with E-state index in [1.165, 1.54) is 29.5 Å². The highest BCUT2D eigenvalue weighted by molar-refractivity contribution is 7.09. The summed E-state index contributed by atoms with van der Waals surface area (Å²) in [4.78, 5) is 18.7. The standard InChI is InChI=1S/C17H19F2N3OS/c18-13-6-3-7-14(19)12(13)9-22(11-4-1-2-5-11)17(23)15-10-24-16(8-20)21-15/h3,6-7,10-11H,1-2,4-5,8-9,20H2. The van der Waals surface area contributed by atoms with Gasteiger partial charge in [0.2, 0.25) is 0 Å². The predicted octanol–water partition coefficient (Wildman–Crippen LogP) is 3.47. The van der Waals surface area contributed by atoms with Gasteiger partial charge in [0.15, 0.2) is 0 Å². The first-order valence-electron chi connectivity index (χ1n) is 7.98. The van der Waals surface area contributed by atoms with Crippen LogP contribution in [0.2, 0.25) is 0 Å². The highest BCUT2D eigenvalue weighted by Gasteiger charge is 2.30. The van der Waals surface area contributed by atoms with Crippen LogP contribution in [-0.4, -0.2) is 21.8 Å². The molecule has 0 saturated heterocycles. The minimum atomic E-state index is -0.633. The average Bonchev–Trinajstić information content (AvgIpc) is 3.25. The smallest absolute Gasteiger partial charge is 0.273 e. The van der Waals surface area contributed by atoms with Crippen molar-refractivity contribution in [3.05, 3.63) is 51.5 Å². The summed E-state index contributed by atoms with van der Waals surface area (Å²) in [5, 5.41) is 2.33. The molecule has 4 nitrogen and oxygen atoms in total. The molecule has 24 heavy (non-hydrogen) atoms. The fourth-order valence-electron chi connectivity index (χ4n) is 3.09. The van der Waals surface area contributed by atoms with Crippen molar-refractivity contribution in [1.82, 2.24) is 9.88 Å². The van der Waals surface area contributed by atoms with E-state index in [4.69, 9.17) is 5.73 Å². The van der Waals surface area contributed by atoms with E-state index in [0.717, 1.165) is 25.7 Å². The molecular formula is C17H19F2N3OS. The Kier molecular flexibility index (Phi) is 5.20. The van der Waals surface area contributed by atoms with Crippen LogP contribution in [0, 0.1) is 11.6 Å². The van der Waals surface area contributed by atoms with Crippen molar-refractivity contribution in [2.24, 2.45) is 5.73 Å². The molecule has 2 aromatic rings. The van der Waals surface area contributed by atoms with E-state index in [9.17, 15) is 13.6 Å². The Morgan fingerprint density at radius 2 is 1.96 bits per heavy atom. The second-order valence-corrected chi connectivity index (χ2v) is 6.84. The number of benzene rings is 1. The van der Waals surface area contributed by atoms with Crippen molar-refractivity contribution in [3.8, 4) is 0 Å². The molecule has 0 aliphatic heterocycles. The third-order valence-corrected chi connectivity index (χ3v) is 5.23. The van der Waals surface area contributed by atoms with Crippen LogP contribution >= 0.6 is 11.3 Å². The molecule has 7 heteroatoms. The number of hydrogen-bond donors (Lipinski definition) is 1. The van der Waals surface area contributed by atoms with E-state index in [-0.39, 0.29) is 30.6 Å². The van der Waals surface area contributed by atoms with Gasteiger partial charge in [-0.2, -0.15) is 0 Å². The topological polar surface area (TPSA) is 59.2 Å². The highest BCUT2D eigenvalue weighted by Crippen LogP contribution is 2.28. The van der Waals surface area contributed by atoms with Crippen LogP contribution in [0.25, 0.3) is 0 Å². The molecule has 0 bridgehead atoms. The Morgan fingerprint density at radius 3 is 2.54 bits per heavy atom. The molecule has 2 N–H and O–H groups in total. The number of nitrogens with zero attached hydrogens (tertiary/aromatic N) is 2. The maximum atomic E-state index is 14.0. The minimum Gasteiger partial charge on any atom is -0.330 e. The molecule has 0 unspecified atom stereocenters.